The summed E-state index contributed by atoms with van der Waals surface area (Å²) < 4.78 is 23.1. The van der Waals surface area contributed by atoms with Crippen LogP contribution in [0.4, 0.5) is 11.4 Å². The van der Waals surface area contributed by atoms with Crippen molar-refractivity contribution in [3.05, 3.63) is 138 Å². The van der Waals surface area contributed by atoms with Gasteiger partial charge < -0.3 is 16.0 Å². The van der Waals surface area contributed by atoms with Crippen molar-refractivity contribution < 1.29 is 22.8 Å². The topological polar surface area (TPSA) is 147 Å². The van der Waals surface area contributed by atoms with Crippen LogP contribution in [0.1, 0.15) is 29.3 Å². The Morgan fingerprint density at radius 3 is 2.19 bits per heavy atom. The number of anilines is 2. The van der Waals surface area contributed by atoms with Crippen LogP contribution in [-0.2, 0) is 19.6 Å². The quantitative estimate of drug-likeness (QED) is 0.0948. The molecule has 1 unspecified atom stereocenters. The number of sulfonamides is 1. The summed E-state index contributed by atoms with van der Waals surface area (Å²) in [7, 11) is -3.84. The molecule has 0 aliphatic carbocycles. The van der Waals surface area contributed by atoms with Crippen molar-refractivity contribution in [3.63, 3.8) is 0 Å². The number of hydrogen-bond donors (Lipinski definition) is 4. The SMILES string of the molecule is CCC(Sc1cccc(NC(=O)/C(=C\c2cccc3ccccc23)NC(=O)c2ccccc2)c1)C(=O)Nc1ccc(S(N)(=O)=O)cc1. The third kappa shape index (κ3) is 8.73. The van der Waals surface area contributed by atoms with Crippen LogP contribution in [0.3, 0.4) is 0 Å². The van der Waals surface area contributed by atoms with Gasteiger partial charge in [0.2, 0.25) is 15.9 Å². The van der Waals surface area contributed by atoms with E-state index < -0.39 is 27.1 Å². The van der Waals surface area contributed by atoms with Gasteiger partial charge in [-0.2, -0.15) is 0 Å². The number of thioether (sulfide) groups is 1. The fourth-order valence-electron chi connectivity index (χ4n) is 4.76. The summed E-state index contributed by atoms with van der Waals surface area (Å²) >= 11 is 1.32. The van der Waals surface area contributed by atoms with Gasteiger partial charge in [0.25, 0.3) is 11.8 Å². The summed E-state index contributed by atoms with van der Waals surface area (Å²) in [6.45, 7) is 1.88. The van der Waals surface area contributed by atoms with E-state index in [1.165, 1.54) is 36.0 Å². The maximum atomic E-state index is 13.7. The molecule has 5 aromatic carbocycles. The monoisotopic (exact) mass is 664 g/mol. The lowest BCUT2D eigenvalue weighted by molar-refractivity contribution is -0.116. The van der Waals surface area contributed by atoms with Gasteiger partial charge in [0.05, 0.1) is 10.1 Å². The Balaban J connectivity index is 1.34. The summed E-state index contributed by atoms with van der Waals surface area (Å²) in [5.74, 6) is -1.20. The van der Waals surface area contributed by atoms with Crippen molar-refractivity contribution >= 4 is 67.7 Å². The number of primary sulfonamides is 1. The van der Waals surface area contributed by atoms with Crippen LogP contribution < -0.4 is 21.1 Å². The molecule has 0 spiro atoms. The normalized spacial score (nSPS) is 12.3. The first-order valence-electron chi connectivity index (χ1n) is 14.7. The van der Waals surface area contributed by atoms with Gasteiger partial charge in [-0.05, 0) is 83.4 Å². The van der Waals surface area contributed by atoms with E-state index in [9.17, 15) is 22.8 Å². The van der Waals surface area contributed by atoms with Gasteiger partial charge in [-0.15, -0.1) is 11.8 Å². The Hall–Kier alpha value is -5.23. The molecule has 0 radical (unpaired) electrons. The summed E-state index contributed by atoms with van der Waals surface area (Å²) in [4.78, 5) is 40.6. The predicted molar refractivity (Wildman–Crippen MR) is 187 cm³/mol. The minimum Gasteiger partial charge on any atom is -0.325 e. The van der Waals surface area contributed by atoms with E-state index in [4.69, 9.17) is 5.14 Å². The van der Waals surface area contributed by atoms with Crippen LogP contribution in [0.5, 0.6) is 0 Å². The lowest BCUT2D eigenvalue weighted by Crippen LogP contribution is -2.30. The zero-order valence-corrected chi connectivity index (χ0v) is 27.0. The maximum absolute atomic E-state index is 13.7. The van der Waals surface area contributed by atoms with Crippen LogP contribution in [0.2, 0.25) is 0 Å². The lowest BCUT2D eigenvalue weighted by Gasteiger charge is -2.16. The molecule has 0 aromatic heterocycles. The molecule has 0 fully saturated rings. The number of carbonyl (C=O) groups is 3. The van der Waals surface area contributed by atoms with E-state index in [1.807, 2.05) is 61.5 Å². The minimum atomic E-state index is -3.84. The van der Waals surface area contributed by atoms with Gasteiger partial charge in [0.15, 0.2) is 0 Å². The highest BCUT2D eigenvalue weighted by molar-refractivity contribution is 8.00. The molecule has 0 aliphatic heterocycles. The van der Waals surface area contributed by atoms with Gasteiger partial charge in [-0.25, -0.2) is 13.6 Å². The van der Waals surface area contributed by atoms with Crippen molar-refractivity contribution in [2.45, 2.75) is 28.4 Å². The van der Waals surface area contributed by atoms with Crippen LogP contribution >= 0.6 is 11.8 Å². The third-order valence-corrected chi connectivity index (χ3v) is 9.42. The Labute approximate surface area is 277 Å². The van der Waals surface area contributed by atoms with Gasteiger partial charge in [-0.3, -0.25) is 14.4 Å². The van der Waals surface area contributed by atoms with Crippen LogP contribution in [0.15, 0.2) is 137 Å². The number of fused-ring (bicyclic) bond motifs is 1. The fraction of sp³-hybridized carbons (Fsp3) is 0.0833. The molecular weight excluding hydrogens is 633 g/mol. The number of nitrogens with one attached hydrogen (secondary N) is 3. The Morgan fingerprint density at radius 1 is 0.787 bits per heavy atom. The second-order valence-electron chi connectivity index (χ2n) is 10.5. The highest BCUT2D eigenvalue weighted by atomic mass is 32.2. The molecule has 5 N–H and O–H groups in total. The number of rotatable bonds is 11. The Kier molecular flexibility index (Phi) is 10.5. The van der Waals surface area contributed by atoms with Crippen LogP contribution in [0.25, 0.3) is 16.8 Å². The maximum Gasteiger partial charge on any atom is 0.272 e. The number of nitrogens with two attached hydrogens (primary N) is 1. The second-order valence-corrected chi connectivity index (χ2v) is 13.3. The third-order valence-electron chi connectivity index (χ3n) is 7.14. The zero-order chi connectivity index (χ0) is 33.4. The van der Waals surface area contributed by atoms with Crippen molar-refractivity contribution in [3.8, 4) is 0 Å². The highest BCUT2D eigenvalue weighted by Gasteiger charge is 2.20. The molecule has 9 nitrogen and oxygen atoms in total. The van der Waals surface area contributed by atoms with Crippen molar-refractivity contribution in [1.29, 1.82) is 0 Å². The molecule has 1 atom stereocenters. The molecule has 0 saturated heterocycles. The second kappa shape index (κ2) is 14.9. The lowest BCUT2D eigenvalue weighted by atomic mass is 10.0. The summed E-state index contributed by atoms with van der Waals surface area (Å²) in [6, 6.07) is 34.9. The molecule has 0 heterocycles. The number of benzene rings is 5. The molecule has 5 rings (SSSR count). The zero-order valence-electron chi connectivity index (χ0n) is 25.3. The average molecular weight is 665 g/mol. The molecule has 0 aliphatic rings. The summed E-state index contributed by atoms with van der Waals surface area (Å²) in [6.07, 6.45) is 2.16. The van der Waals surface area contributed by atoms with E-state index in [2.05, 4.69) is 16.0 Å². The van der Waals surface area contributed by atoms with Gasteiger partial charge in [-0.1, -0.05) is 73.7 Å². The number of amides is 3. The van der Waals surface area contributed by atoms with Gasteiger partial charge in [0, 0.05) is 21.8 Å². The summed E-state index contributed by atoms with van der Waals surface area (Å²) in [5.41, 5.74) is 2.15. The molecule has 238 valence electrons. The van der Waals surface area contributed by atoms with Crippen LogP contribution in [-0.4, -0.2) is 31.4 Å². The number of carbonyl (C=O) groups excluding carboxylic acids is 3. The van der Waals surface area contributed by atoms with E-state index in [-0.39, 0.29) is 16.5 Å². The molecule has 0 bridgehead atoms. The molecule has 47 heavy (non-hydrogen) atoms. The highest BCUT2D eigenvalue weighted by Crippen LogP contribution is 2.29. The molecule has 11 heteroatoms. The average Bonchev–Trinajstić information content (AvgIpc) is 3.07. The van der Waals surface area contributed by atoms with E-state index in [0.29, 0.717) is 23.4 Å². The van der Waals surface area contributed by atoms with E-state index in [0.717, 1.165) is 21.2 Å². The first kappa shape index (κ1) is 33.1. The summed E-state index contributed by atoms with van der Waals surface area (Å²) in [5, 5.41) is 15.1. The Bertz CT molecular complexity index is 2060. The van der Waals surface area contributed by atoms with Crippen molar-refractivity contribution in [1.82, 2.24) is 5.32 Å². The van der Waals surface area contributed by atoms with E-state index >= 15 is 0 Å². The minimum absolute atomic E-state index is 0.0504. The molecular formula is C36H32N4O5S2. The first-order valence-corrected chi connectivity index (χ1v) is 17.1. The fourth-order valence-corrected chi connectivity index (χ4v) is 6.29. The first-order chi connectivity index (χ1) is 22.6. The van der Waals surface area contributed by atoms with Gasteiger partial charge in [0.1, 0.15) is 5.70 Å². The largest absolute Gasteiger partial charge is 0.325 e. The van der Waals surface area contributed by atoms with E-state index in [1.54, 1.807) is 48.5 Å². The smallest absolute Gasteiger partial charge is 0.272 e. The molecule has 5 aromatic rings. The number of hydrogen-bond acceptors (Lipinski definition) is 6. The Morgan fingerprint density at radius 2 is 1.47 bits per heavy atom. The van der Waals surface area contributed by atoms with Crippen molar-refractivity contribution in [2.75, 3.05) is 10.6 Å². The van der Waals surface area contributed by atoms with Crippen LogP contribution in [0, 0.1) is 0 Å². The molecule has 3 amide bonds. The van der Waals surface area contributed by atoms with Crippen molar-refractivity contribution in [2.24, 2.45) is 5.14 Å². The van der Waals surface area contributed by atoms with Gasteiger partial charge >= 0.3 is 0 Å². The standard InChI is InChI=1S/C36H32N4O5S2/c1-2-33(36(43)38-27-18-20-30(21-19-27)47(37,44)45)46-29-16-9-15-28(23-29)39-35(42)32(40-34(41)25-11-4-3-5-12-25)22-26-14-8-13-24-10-6-7-17-31(24)26/h3-23,33H,2H2,1H3,(H,38,43)(H,39,42)(H,40,41)(H2,37,44,45)/b32-22+. The predicted octanol–water partition coefficient (Wildman–Crippen LogP) is 6.41. The molecule has 0 saturated carbocycles.